The summed E-state index contributed by atoms with van der Waals surface area (Å²) in [5, 5.41) is 0. The highest BCUT2D eigenvalue weighted by atomic mass is 19.4. The summed E-state index contributed by atoms with van der Waals surface area (Å²) in [5.41, 5.74) is 0.0637. The molecule has 1 aromatic carbocycles. The highest BCUT2D eigenvalue weighted by Crippen LogP contribution is 2.36. The van der Waals surface area contributed by atoms with E-state index in [2.05, 4.69) is 4.90 Å². The smallest absolute Gasteiger partial charge is 0.416 e. The molecule has 0 saturated carbocycles. The predicted octanol–water partition coefficient (Wildman–Crippen LogP) is 5.77. The molecule has 2 nitrogen and oxygen atoms in total. The Morgan fingerprint density at radius 1 is 1.00 bits per heavy atom. The van der Waals surface area contributed by atoms with E-state index in [9.17, 15) is 13.2 Å². The summed E-state index contributed by atoms with van der Waals surface area (Å²) in [6.07, 6.45) is 3.84. The minimum atomic E-state index is -4.22. The van der Waals surface area contributed by atoms with Crippen LogP contribution >= 0.6 is 0 Å². The van der Waals surface area contributed by atoms with E-state index >= 15 is 0 Å². The molecule has 148 valence electrons. The molecule has 27 heavy (non-hydrogen) atoms. The van der Waals surface area contributed by atoms with Gasteiger partial charge in [-0.05, 0) is 75.2 Å². The molecule has 0 unspecified atom stereocenters. The fourth-order valence-corrected chi connectivity index (χ4v) is 3.90. The average Bonchev–Trinajstić information content (AvgIpc) is 2.68. The van der Waals surface area contributed by atoms with Crippen molar-refractivity contribution in [3.63, 3.8) is 0 Å². The Hall–Kier alpha value is -1.75. The Bertz CT molecular complexity index is 643. The second-order valence-corrected chi connectivity index (χ2v) is 7.41. The zero-order valence-corrected chi connectivity index (χ0v) is 15.7. The second kappa shape index (κ2) is 9.45. The van der Waals surface area contributed by atoms with Crippen molar-refractivity contribution < 1.29 is 17.9 Å². The molecular formula is C22H28F3NO. The van der Waals surface area contributed by atoms with Crippen LogP contribution in [0.15, 0.2) is 53.6 Å². The number of alkyl halides is 3. The molecule has 1 fully saturated rings. The van der Waals surface area contributed by atoms with Gasteiger partial charge in [-0.15, -0.1) is 0 Å². The number of likely N-dealkylation sites (tertiary alicyclic amines) is 1. The van der Waals surface area contributed by atoms with Gasteiger partial charge < -0.3 is 9.64 Å². The lowest BCUT2D eigenvalue weighted by molar-refractivity contribution is -0.0901. The Labute approximate surface area is 159 Å². The lowest BCUT2D eigenvalue weighted by Crippen LogP contribution is -2.35. The number of nitrogens with zero attached hydrogens (tertiary/aromatic N) is 1. The molecule has 0 bridgehead atoms. The zero-order valence-electron chi connectivity index (χ0n) is 15.7. The van der Waals surface area contributed by atoms with Crippen molar-refractivity contribution in [3.8, 4) is 5.75 Å². The Morgan fingerprint density at radius 3 is 2.41 bits per heavy atom. The quantitative estimate of drug-likeness (QED) is 0.597. The summed E-state index contributed by atoms with van der Waals surface area (Å²) >= 11 is 0. The van der Waals surface area contributed by atoms with Gasteiger partial charge in [-0.1, -0.05) is 30.4 Å². The van der Waals surface area contributed by atoms with Gasteiger partial charge in [0.05, 0.1) is 12.2 Å². The third-order valence-electron chi connectivity index (χ3n) is 5.50. The van der Waals surface area contributed by atoms with Gasteiger partial charge in [0.15, 0.2) is 0 Å². The maximum Gasteiger partial charge on any atom is 0.416 e. The Balaban J connectivity index is 1.36. The van der Waals surface area contributed by atoms with Crippen molar-refractivity contribution in [1.29, 1.82) is 0 Å². The molecule has 0 amide bonds. The molecule has 1 aliphatic heterocycles. The number of hydrogen-bond acceptors (Lipinski definition) is 2. The van der Waals surface area contributed by atoms with E-state index in [1.807, 2.05) is 30.3 Å². The largest absolute Gasteiger partial charge is 0.494 e. The van der Waals surface area contributed by atoms with Crippen LogP contribution in [-0.2, 0) is 0 Å². The van der Waals surface area contributed by atoms with Crippen molar-refractivity contribution in [2.75, 3.05) is 26.2 Å². The Kier molecular flexibility index (Phi) is 7.00. The molecule has 0 radical (unpaired) electrons. The maximum atomic E-state index is 13.1. The van der Waals surface area contributed by atoms with Crippen LogP contribution in [0.3, 0.4) is 0 Å². The minimum absolute atomic E-state index is 0.415. The lowest BCUT2D eigenvalue weighted by atomic mass is 9.92. The summed E-state index contributed by atoms with van der Waals surface area (Å²) in [5.74, 6) is 1.55. The van der Waals surface area contributed by atoms with Gasteiger partial charge in [0, 0.05) is 6.54 Å². The normalized spacial score (nSPS) is 19.5. The minimum Gasteiger partial charge on any atom is -0.494 e. The van der Waals surface area contributed by atoms with Crippen molar-refractivity contribution >= 4 is 0 Å². The van der Waals surface area contributed by atoms with Gasteiger partial charge in [-0.2, -0.15) is 13.2 Å². The topological polar surface area (TPSA) is 12.5 Å². The number of piperidine rings is 1. The van der Waals surface area contributed by atoms with Gasteiger partial charge in [-0.25, -0.2) is 0 Å². The number of hydrogen-bond donors (Lipinski definition) is 0. The summed E-state index contributed by atoms with van der Waals surface area (Å²) in [6.45, 7) is 3.37. The second-order valence-electron chi connectivity index (χ2n) is 7.41. The third kappa shape index (κ3) is 6.13. The number of halogens is 3. The highest BCUT2D eigenvalue weighted by molar-refractivity contribution is 5.37. The summed E-state index contributed by atoms with van der Waals surface area (Å²) in [6, 6.07) is 9.84. The molecule has 0 aromatic heterocycles. The zero-order chi connectivity index (χ0) is 19.1. The molecule has 1 heterocycles. The van der Waals surface area contributed by atoms with Crippen LogP contribution in [0.1, 0.15) is 38.5 Å². The number of benzene rings is 1. The van der Waals surface area contributed by atoms with Crippen molar-refractivity contribution in [3.05, 3.63) is 53.6 Å². The molecule has 0 atom stereocenters. The van der Waals surface area contributed by atoms with Gasteiger partial charge >= 0.3 is 6.18 Å². The molecule has 1 aromatic rings. The molecule has 2 aliphatic rings. The number of rotatable bonds is 7. The monoisotopic (exact) mass is 379 g/mol. The van der Waals surface area contributed by atoms with Gasteiger partial charge in [0.25, 0.3) is 0 Å². The number of allylic oxidation sites excluding steroid dienone is 3. The van der Waals surface area contributed by atoms with Crippen LogP contribution < -0.4 is 4.74 Å². The van der Waals surface area contributed by atoms with Gasteiger partial charge in [-0.3, -0.25) is 0 Å². The highest BCUT2D eigenvalue weighted by Gasteiger charge is 2.36. The summed E-state index contributed by atoms with van der Waals surface area (Å²) in [4.78, 5) is 2.30. The molecule has 1 aliphatic carbocycles. The summed E-state index contributed by atoms with van der Waals surface area (Å²) in [7, 11) is 0. The van der Waals surface area contributed by atoms with Crippen molar-refractivity contribution in [2.24, 2.45) is 5.92 Å². The molecule has 1 saturated heterocycles. The average molecular weight is 379 g/mol. The molecule has 0 N–H and O–H groups in total. The SMILES string of the molecule is FC(F)(F)C1=CCCC=C1CCN1CCC(CCOc2ccccc2)CC1. The van der Waals surface area contributed by atoms with Crippen LogP contribution in [0, 0.1) is 5.92 Å². The fraction of sp³-hybridized carbons (Fsp3) is 0.545. The molecule has 0 spiro atoms. The molecular weight excluding hydrogens is 351 g/mol. The molecule has 3 rings (SSSR count). The van der Waals surface area contributed by atoms with E-state index in [-0.39, 0.29) is 0 Å². The predicted molar refractivity (Wildman–Crippen MR) is 102 cm³/mol. The van der Waals surface area contributed by atoms with Crippen LogP contribution in [0.25, 0.3) is 0 Å². The number of para-hydroxylation sites is 1. The van der Waals surface area contributed by atoms with Gasteiger partial charge in [0.1, 0.15) is 5.75 Å². The van der Waals surface area contributed by atoms with Crippen molar-refractivity contribution in [2.45, 2.75) is 44.7 Å². The van der Waals surface area contributed by atoms with Crippen LogP contribution in [-0.4, -0.2) is 37.3 Å². The standard InChI is InChI=1S/C22H28F3NO/c23-22(24,25)21-9-5-4-6-19(21)12-16-26-14-10-18(11-15-26)13-17-27-20-7-2-1-3-8-20/h1-3,6-9,18H,4-5,10-17H2. The Morgan fingerprint density at radius 2 is 1.70 bits per heavy atom. The first kappa shape index (κ1) is 20.0. The van der Waals surface area contributed by atoms with Crippen LogP contribution in [0.2, 0.25) is 0 Å². The third-order valence-corrected chi connectivity index (χ3v) is 5.50. The summed E-state index contributed by atoms with van der Waals surface area (Å²) < 4.78 is 45.1. The van der Waals surface area contributed by atoms with E-state index in [0.717, 1.165) is 51.1 Å². The first-order valence-corrected chi connectivity index (χ1v) is 9.89. The van der Waals surface area contributed by atoms with E-state index in [0.29, 0.717) is 30.9 Å². The fourth-order valence-electron chi connectivity index (χ4n) is 3.90. The van der Waals surface area contributed by atoms with E-state index < -0.39 is 11.7 Å². The van der Waals surface area contributed by atoms with E-state index in [1.54, 1.807) is 6.08 Å². The van der Waals surface area contributed by atoms with E-state index in [4.69, 9.17) is 4.74 Å². The van der Waals surface area contributed by atoms with Gasteiger partial charge in [0.2, 0.25) is 0 Å². The maximum absolute atomic E-state index is 13.1. The first-order valence-electron chi connectivity index (χ1n) is 9.89. The molecule has 5 heteroatoms. The van der Waals surface area contributed by atoms with Crippen molar-refractivity contribution in [1.82, 2.24) is 4.90 Å². The van der Waals surface area contributed by atoms with Crippen LogP contribution in [0.4, 0.5) is 13.2 Å². The lowest BCUT2D eigenvalue weighted by Gasteiger charge is -2.32. The number of ether oxygens (including phenoxy) is 1. The van der Waals surface area contributed by atoms with Crippen LogP contribution in [0.5, 0.6) is 5.75 Å². The van der Waals surface area contributed by atoms with E-state index in [1.165, 1.54) is 6.08 Å². The first-order chi connectivity index (χ1) is 13.0.